The maximum atomic E-state index is 12.9. The maximum Gasteiger partial charge on any atom is 0.267 e. The number of carbonyl (C=O) groups excluding carboxylic acids is 1. The van der Waals surface area contributed by atoms with E-state index in [-0.39, 0.29) is 11.4 Å². The second-order valence-electron chi connectivity index (χ2n) is 5.91. The Morgan fingerprint density at radius 1 is 1.16 bits per heavy atom. The first-order chi connectivity index (χ1) is 11.9. The second-order valence-corrected chi connectivity index (χ2v) is 5.91. The maximum absolute atomic E-state index is 12.9. The summed E-state index contributed by atoms with van der Waals surface area (Å²) in [5, 5.41) is 14.9. The summed E-state index contributed by atoms with van der Waals surface area (Å²) in [5.41, 5.74) is 4.55. The summed E-state index contributed by atoms with van der Waals surface area (Å²) in [6.45, 7) is 6.21. The number of nitrogens with zero attached hydrogens (tertiary/aromatic N) is 1. The molecule has 0 heterocycles. The average molecular weight is 337 g/mol. The monoisotopic (exact) mass is 337 g/mol. The standard InChI is InChI=1S/C20H20FN3O/c1-13-8-14(2)19(15(3)9-13)24-20(25)17(10-22)12-23-11-16-4-6-18(21)7-5-16/h4-9,12,23H,11H2,1-3H3,(H,24,25)/b17-12-. The highest BCUT2D eigenvalue weighted by Crippen LogP contribution is 2.22. The molecule has 128 valence electrons. The molecule has 0 aliphatic rings. The first-order valence-corrected chi connectivity index (χ1v) is 7.88. The summed E-state index contributed by atoms with van der Waals surface area (Å²) in [5.74, 6) is -0.774. The lowest BCUT2D eigenvalue weighted by atomic mass is 10.0. The summed E-state index contributed by atoms with van der Waals surface area (Å²) < 4.78 is 12.9. The van der Waals surface area contributed by atoms with Gasteiger partial charge in [0.05, 0.1) is 0 Å². The van der Waals surface area contributed by atoms with Gasteiger partial charge in [0.2, 0.25) is 0 Å². The number of hydrogen-bond acceptors (Lipinski definition) is 3. The second kappa shape index (κ2) is 8.11. The molecule has 0 saturated heterocycles. The van der Waals surface area contributed by atoms with E-state index in [4.69, 9.17) is 0 Å². The number of rotatable bonds is 5. The highest BCUT2D eigenvalue weighted by atomic mass is 19.1. The predicted molar refractivity (Wildman–Crippen MR) is 96.2 cm³/mol. The van der Waals surface area contributed by atoms with Gasteiger partial charge >= 0.3 is 0 Å². The number of hydrogen-bond donors (Lipinski definition) is 2. The van der Waals surface area contributed by atoms with Gasteiger partial charge in [0.1, 0.15) is 17.5 Å². The molecule has 0 radical (unpaired) electrons. The van der Waals surface area contributed by atoms with Crippen molar-refractivity contribution in [3.63, 3.8) is 0 Å². The van der Waals surface area contributed by atoms with Gasteiger partial charge in [-0.1, -0.05) is 29.8 Å². The van der Waals surface area contributed by atoms with Crippen LogP contribution in [0.25, 0.3) is 0 Å². The topological polar surface area (TPSA) is 64.9 Å². The summed E-state index contributed by atoms with van der Waals surface area (Å²) in [6, 6.07) is 11.9. The number of amides is 1. The van der Waals surface area contributed by atoms with Crippen LogP contribution in [0.1, 0.15) is 22.3 Å². The molecule has 5 heteroatoms. The van der Waals surface area contributed by atoms with Crippen molar-refractivity contribution in [1.82, 2.24) is 5.32 Å². The zero-order valence-corrected chi connectivity index (χ0v) is 14.5. The van der Waals surface area contributed by atoms with Crippen LogP contribution in [0.3, 0.4) is 0 Å². The van der Waals surface area contributed by atoms with Crippen molar-refractivity contribution >= 4 is 11.6 Å². The van der Waals surface area contributed by atoms with Gasteiger partial charge in [0.25, 0.3) is 5.91 Å². The molecule has 2 aromatic carbocycles. The highest BCUT2D eigenvalue weighted by Gasteiger charge is 2.12. The van der Waals surface area contributed by atoms with Gasteiger partial charge in [0, 0.05) is 18.4 Å². The summed E-state index contributed by atoms with van der Waals surface area (Å²) >= 11 is 0. The summed E-state index contributed by atoms with van der Waals surface area (Å²) in [6.07, 6.45) is 1.37. The zero-order valence-electron chi connectivity index (χ0n) is 14.5. The average Bonchev–Trinajstić information content (AvgIpc) is 2.56. The summed E-state index contributed by atoms with van der Waals surface area (Å²) in [4.78, 5) is 12.3. The number of benzene rings is 2. The van der Waals surface area contributed by atoms with Gasteiger partial charge in [-0.3, -0.25) is 4.79 Å². The van der Waals surface area contributed by atoms with Crippen LogP contribution < -0.4 is 10.6 Å². The minimum Gasteiger partial charge on any atom is -0.386 e. The van der Waals surface area contributed by atoms with Crippen molar-refractivity contribution in [3.8, 4) is 6.07 Å². The highest BCUT2D eigenvalue weighted by molar-refractivity contribution is 6.07. The SMILES string of the molecule is Cc1cc(C)c(NC(=O)/C(C#N)=C\NCc2ccc(F)cc2)c(C)c1. The number of nitriles is 1. The van der Waals surface area contributed by atoms with E-state index in [9.17, 15) is 14.4 Å². The third kappa shape index (κ3) is 4.92. The van der Waals surface area contributed by atoms with Crippen molar-refractivity contribution in [2.75, 3.05) is 5.32 Å². The molecule has 4 nitrogen and oxygen atoms in total. The van der Waals surface area contributed by atoms with E-state index in [0.717, 1.165) is 27.9 Å². The number of carbonyl (C=O) groups is 1. The van der Waals surface area contributed by atoms with Crippen molar-refractivity contribution in [3.05, 3.63) is 76.2 Å². The van der Waals surface area contributed by atoms with Crippen LogP contribution >= 0.6 is 0 Å². The van der Waals surface area contributed by atoms with E-state index >= 15 is 0 Å². The molecule has 2 aromatic rings. The molecule has 0 saturated carbocycles. The van der Waals surface area contributed by atoms with Gasteiger partial charge in [0.15, 0.2) is 0 Å². The molecular formula is C20H20FN3O. The van der Waals surface area contributed by atoms with E-state index < -0.39 is 5.91 Å². The third-order valence-electron chi connectivity index (χ3n) is 3.75. The molecule has 0 spiro atoms. The summed E-state index contributed by atoms with van der Waals surface area (Å²) in [7, 11) is 0. The Balaban J connectivity index is 2.06. The Morgan fingerprint density at radius 3 is 2.32 bits per heavy atom. The lowest BCUT2D eigenvalue weighted by Crippen LogP contribution is -2.18. The minimum atomic E-state index is -0.468. The van der Waals surface area contributed by atoms with Gasteiger partial charge < -0.3 is 10.6 Å². The van der Waals surface area contributed by atoms with E-state index in [1.165, 1.54) is 18.3 Å². The van der Waals surface area contributed by atoms with Crippen LogP contribution in [0, 0.1) is 37.9 Å². The molecule has 0 fully saturated rings. The number of anilines is 1. The van der Waals surface area contributed by atoms with Crippen LogP contribution in [0.5, 0.6) is 0 Å². The number of halogens is 1. The minimum absolute atomic E-state index is 0.0264. The third-order valence-corrected chi connectivity index (χ3v) is 3.75. The first kappa shape index (κ1) is 18.2. The van der Waals surface area contributed by atoms with Crippen LogP contribution in [-0.4, -0.2) is 5.91 Å². The Labute approximate surface area is 147 Å². The van der Waals surface area contributed by atoms with Gasteiger partial charge in [-0.2, -0.15) is 5.26 Å². The molecule has 0 unspecified atom stereocenters. The van der Waals surface area contributed by atoms with Crippen molar-refractivity contribution in [2.24, 2.45) is 0 Å². The molecular weight excluding hydrogens is 317 g/mol. The Bertz CT molecular complexity index is 825. The molecule has 0 aromatic heterocycles. The lowest BCUT2D eigenvalue weighted by molar-refractivity contribution is -0.112. The Kier molecular flexibility index (Phi) is 5.91. The fourth-order valence-corrected chi connectivity index (χ4v) is 2.58. The molecule has 0 atom stereocenters. The molecule has 0 bridgehead atoms. The van der Waals surface area contributed by atoms with Crippen LogP contribution in [-0.2, 0) is 11.3 Å². The normalized spacial score (nSPS) is 10.9. The fourth-order valence-electron chi connectivity index (χ4n) is 2.58. The quantitative estimate of drug-likeness (QED) is 0.643. The molecule has 1 amide bonds. The number of aryl methyl sites for hydroxylation is 3. The Hall–Kier alpha value is -3.13. The van der Waals surface area contributed by atoms with E-state index in [0.29, 0.717) is 6.54 Å². The fraction of sp³-hybridized carbons (Fsp3) is 0.200. The Morgan fingerprint density at radius 2 is 1.76 bits per heavy atom. The molecule has 0 aliphatic carbocycles. The smallest absolute Gasteiger partial charge is 0.267 e. The number of nitrogens with one attached hydrogen (secondary N) is 2. The van der Waals surface area contributed by atoms with Gasteiger partial charge in [-0.05, 0) is 49.6 Å². The van der Waals surface area contributed by atoms with Crippen LogP contribution in [0.15, 0.2) is 48.2 Å². The van der Waals surface area contributed by atoms with Crippen LogP contribution in [0.4, 0.5) is 10.1 Å². The predicted octanol–water partition coefficient (Wildman–Crippen LogP) is 3.89. The molecule has 2 N–H and O–H groups in total. The van der Waals surface area contributed by atoms with Gasteiger partial charge in [-0.25, -0.2) is 4.39 Å². The van der Waals surface area contributed by atoms with E-state index in [1.807, 2.05) is 39.0 Å². The van der Waals surface area contributed by atoms with Crippen molar-refractivity contribution in [1.29, 1.82) is 5.26 Å². The van der Waals surface area contributed by atoms with Crippen molar-refractivity contribution < 1.29 is 9.18 Å². The molecule has 2 rings (SSSR count). The largest absolute Gasteiger partial charge is 0.386 e. The molecule has 25 heavy (non-hydrogen) atoms. The lowest BCUT2D eigenvalue weighted by Gasteiger charge is -2.12. The van der Waals surface area contributed by atoms with E-state index in [2.05, 4.69) is 10.6 Å². The van der Waals surface area contributed by atoms with Crippen molar-refractivity contribution in [2.45, 2.75) is 27.3 Å². The van der Waals surface area contributed by atoms with Crippen LogP contribution in [0.2, 0.25) is 0 Å². The van der Waals surface area contributed by atoms with E-state index in [1.54, 1.807) is 12.1 Å². The zero-order chi connectivity index (χ0) is 18.4. The first-order valence-electron chi connectivity index (χ1n) is 7.88. The van der Waals surface area contributed by atoms with Gasteiger partial charge in [-0.15, -0.1) is 0 Å². The molecule has 0 aliphatic heterocycles.